The highest BCUT2D eigenvalue weighted by Gasteiger charge is 2.20. The molecule has 0 bridgehead atoms. The molecule has 0 atom stereocenters. The molecule has 5 N–H and O–H groups in total. The third-order valence-corrected chi connectivity index (χ3v) is 7.85. The zero-order valence-corrected chi connectivity index (χ0v) is 25.1. The Labute approximate surface area is 264 Å². The molecular formula is C33H22Cl2F3N5O2. The number of carbonyl (C=O) groups excluding carboxylic acids is 2. The van der Waals surface area contributed by atoms with Crippen LogP contribution in [-0.4, -0.2) is 21.4 Å². The molecule has 7 nitrogen and oxygen atoms in total. The van der Waals surface area contributed by atoms with Crippen LogP contribution >= 0.6 is 23.2 Å². The van der Waals surface area contributed by atoms with E-state index in [2.05, 4.69) is 4.98 Å². The highest BCUT2D eigenvalue weighted by molar-refractivity contribution is 6.32. The number of halogens is 5. The van der Waals surface area contributed by atoms with Gasteiger partial charge in [-0.05, 0) is 78.2 Å². The van der Waals surface area contributed by atoms with Crippen molar-refractivity contribution in [3.63, 3.8) is 0 Å². The molecule has 0 unspecified atom stereocenters. The van der Waals surface area contributed by atoms with E-state index in [0.717, 1.165) is 28.6 Å². The largest absolute Gasteiger partial charge is 0.364 e. The van der Waals surface area contributed by atoms with E-state index in [-0.39, 0.29) is 10.7 Å². The summed E-state index contributed by atoms with van der Waals surface area (Å²) in [7, 11) is 1.75. The number of nitrogens with one attached hydrogen (secondary N) is 1. The van der Waals surface area contributed by atoms with Crippen LogP contribution in [-0.2, 0) is 7.05 Å². The monoisotopic (exact) mass is 647 g/mol. The van der Waals surface area contributed by atoms with E-state index in [1.807, 2.05) is 13.0 Å². The lowest BCUT2D eigenvalue weighted by atomic mass is 10.00. The van der Waals surface area contributed by atoms with Gasteiger partial charge in [-0.2, -0.15) is 5.26 Å². The second kappa shape index (κ2) is 12.0. The second-order valence-corrected chi connectivity index (χ2v) is 11.0. The lowest BCUT2D eigenvalue weighted by Crippen LogP contribution is -2.16. The maximum Gasteiger partial charge on any atom is 0.265 e. The molecule has 12 heteroatoms. The molecule has 0 fully saturated rings. The van der Waals surface area contributed by atoms with E-state index >= 15 is 0 Å². The summed E-state index contributed by atoms with van der Waals surface area (Å²) in [5.41, 5.74) is 15.9. The molecule has 0 radical (unpaired) electrons. The summed E-state index contributed by atoms with van der Waals surface area (Å²) in [5.74, 6) is -3.63. The molecular weight excluding hydrogens is 626 g/mol. The van der Waals surface area contributed by atoms with E-state index in [1.54, 1.807) is 35.9 Å². The topological polar surface area (TPSA) is 131 Å². The van der Waals surface area contributed by atoms with Crippen LogP contribution in [0.2, 0.25) is 10.0 Å². The molecule has 226 valence electrons. The first-order chi connectivity index (χ1) is 21.3. The number of nitrogens with zero attached hydrogens (tertiary/aromatic N) is 2. The number of aryl methyl sites for hydroxylation is 2. The van der Waals surface area contributed by atoms with Gasteiger partial charge in [0.15, 0.2) is 11.6 Å². The van der Waals surface area contributed by atoms with Crippen molar-refractivity contribution in [1.29, 1.82) is 5.26 Å². The van der Waals surface area contributed by atoms with Gasteiger partial charge in [0, 0.05) is 34.0 Å². The van der Waals surface area contributed by atoms with Crippen molar-refractivity contribution in [2.75, 3.05) is 0 Å². The zero-order chi connectivity index (χ0) is 32.7. The van der Waals surface area contributed by atoms with Crippen molar-refractivity contribution in [3.05, 3.63) is 117 Å². The van der Waals surface area contributed by atoms with E-state index in [1.165, 1.54) is 30.3 Å². The van der Waals surface area contributed by atoms with Gasteiger partial charge in [-0.3, -0.25) is 9.59 Å². The molecule has 0 aliphatic rings. The number of primary amides is 2. The summed E-state index contributed by atoms with van der Waals surface area (Å²) in [6.07, 6.45) is 0. The summed E-state index contributed by atoms with van der Waals surface area (Å²) in [5, 5.41) is 11.0. The van der Waals surface area contributed by atoms with Crippen LogP contribution in [0.1, 0.15) is 32.1 Å². The molecule has 6 rings (SSSR count). The van der Waals surface area contributed by atoms with Crippen molar-refractivity contribution < 1.29 is 22.8 Å². The molecule has 6 aromatic rings. The Hall–Kier alpha value is -5.24. The third-order valence-electron chi connectivity index (χ3n) is 7.32. The molecule has 0 spiro atoms. The maximum atomic E-state index is 13.8. The van der Waals surface area contributed by atoms with E-state index in [4.69, 9.17) is 39.9 Å². The highest BCUT2D eigenvalue weighted by Crippen LogP contribution is 2.37. The summed E-state index contributed by atoms with van der Waals surface area (Å²) in [6.45, 7) is 1.81. The molecule has 0 aliphatic heterocycles. The molecule has 4 aromatic carbocycles. The van der Waals surface area contributed by atoms with E-state index in [9.17, 15) is 22.8 Å². The van der Waals surface area contributed by atoms with Gasteiger partial charge in [0.05, 0.1) is 27.7 Å². The average molecular weight is 648 g/mol. The van der Waals surface area contributed by atoms with Gasteiger partial charge in [0.25, 0.3) is 11.8 Å². The first kappa shape index (κ1) is 31.2. The number of amides is 2. The van der Waals surface area contributed by atoms with Crippen LogP contribution in [0.3, 0.4) is 0 Å². The third kappa shape index (κ3) is 5.83. The molecule has 2 amide bonds. The number of benzene rings is 4. The maximum absolute atomic E-state index is 13.8. The summed E-state index contributed by atoms with van der Waals surface area (Å²) < 4.78 is 42.1. The number of hydrogen-bond donors (Lipinski definition) is 3. The van der Waals surface area contributed by atoms with Crippen LogP contribution in [0.25, 0.3) is 44.1 Å². The Morgan fingerprint density at radius 3 is 2.13 bits per heavy atom. The number of fused-ring (bicyclic) bond motifs is 2. The first-order valence-corrected chi connectivity index (χ1v) is 13.9. The Bertz CT molecular complexity index is 2230. The van der Waals surface area contributed by atoms with Crippen molar-refractivity contribution >= 4 is 56.8 Å². The van der Waals surface area contributed by atoms with Gasteiger partial charge in [0.2, 0.25) is 0 Å². The predicted octanol–water partition coefficient (Wildman–Crippen LogP) is 7.78. The Kier molecular flexibility index (Phi) is 8.34. The standard InChI is InChI=1S/C17H13Cl2FN2O.C16H9F2N3O/c1-8-11-6-10(18)7-12(9-3-4-13(19)14(20)5-9)16(11)22(2)15(8)17(21)23;17-12-2-1-9(5-13(12)18)11-4-8(7-19)3-10-6-14(16(20)22)21-15(10)11/h3-7H,1-2H3,(H2,21,23);1-6,21H,(H2,20,22). The smallest absolute Gasteiger partial charge is 0.265 e. The van der Waals surface area contributed by atoms with Gasteiger partial charge in [-0.1, -0.05) is 35.3 Å². The first-order valence-electron chi connectivity index (χ1n) is 13.2. The summed E-state index contributed by atoms with van der Waals surface area (Å²) in [4.78, 5) is 25.9. The van der Waals surface area contributed by atoms with Gasteiger partial charge < -0.3 is 21.0 Å². The van der Waals surface area contributed by atoms with Gasteiger partial charge in [-0.25, -0.2) is 13.2 Å². The molecule has 45 heavy (non-hydrogen) atoms. The number of nitriles is 1. The molecule has 0 saturated carbocycles. The number of aromatic nitrogens is 2. The number of aromatic amines is 1. The minimum absolute atomic E-state index is 0.0490. The van der Waals surface area contributed by atoms with Crippen molar-refractivity contribution in [1.82, 2.24) is 9.55 Å². The van der Waals surface area contributed by atoms with Gasteiger partial charge in [0.1, 0.15) is 17.2 Å². The van der Waals surface area contributed by atoms with Crippen LogP contribution in [0.4, 0.5) is 13.2 Å². The summed E-state index contributed by atoms with van der Waals surface area (Å²) >= 11 is 12.0. The molecule has 0 aliphatic carbocycles. The van der Waals surface area contributed by atoms with Crippen molar-refractivity contribution in [2.24, 2.45) is 18.5 Å². The predicted molar refractivity (Wildman–Crippen MR) is 168 cm³/mol. The van der Waals surface area contributed by atoms with E-state index in [0.29, 0.717) is 49.4 Å². The van der Waals surface area contributed by atoms with Crippen LogP contribution in [0, 0.1) is 35.7 Å². The lowest BCUT2D eigenvalue weighted by molar-refractivity contribution is 0.0985. The molecule has 2 aromatic heterocycles. The summed E-state index contributed by atoms with van der Waals surface area (Å²) in [6, 6.07) is 18.1. The van der Waals surface area contributed by atoms with Gasteiger partial charge in [-0.15, -0.1) is 0 Å². The number of hydrogen-bond acceptors (Lipinski definition) is 3. The average Bonchev–Trinajstić information content (AvgIpc) is 3.54. The van der Waals surface area contributed by atoms with Crippen molar-refractivity contribution in [2.45, 2.75) is 6.92 Å². The lowest BCUT2D eigenvalue weighted by Gasteiger charge is -2.09. The SMILES string of the molecule is Cc1c(C(N)=O)n(C)c2c(-c3ccc(Cl)c(F)c3)cc(Cl)cc12.N#Cc1cc(-c2ccc(F)c(F)c2)c2[nH]c(C(N)=O)cc2c1. The molecule has 2 heterocycles. The fourth-order valence-electron chi connectivity index (χ4n) is 5.30. The number of H-pyrrole nitrogens is 1. The Morgan fingerprint density at radius 2 is 1.51 bits per heavy atom. The number of nitrogens with two attached hydrogens (primary N) is 2. The van der Waals surface area contributed by atoms with E-state index < -0.39 is 29.3 Å². The zero-order valence-electron chi connectivity index (χ0n) is 23.6. The quantitative estimate of drug-likeness (QED) is 0.180. The number of carbonyl (C=O) groups is 2. The molecule has 0 saturated heterocycles. The second-order valence-electron chi connectivity index (χ2n) is 10.2. The Balaban J connectivity index is 0.000000178. The van der Waals surface area contributed by atoms with Crippen molar-refractivity contribution in [3.8, 4) is 28.3 Å². The van der Waals surface area contributed by atoms with Gasteiger partial charge >= 0.3 is 0 Å². The minimum Gasteiger partial charge on any atom is -0.364 e. The normalized spacial score (nSPS) is 10.9. The fourth-order valence-corrected chi connectivity index (χ4v) is 5.64. The fraction of sp³-hybridized carbons (Fsp3) is 0.0606. The minimum atomic E-state index is -0.991. The Morgan fingerprint density at radius 1 is 0.844 bits per heavy atom. The highest BCUT2D eigenvalue weighted by atomic mass is 35.5. The van der Waals surface area contributed by atoms with Crippen LogP contribution in [0.5, 0.6) is 0 Å². The number of rotatable bonds is 4. The van der Waals surface area contributed by atoms with Crippen LogP contribution < -0.4 is 11.5 Å². The van der Waals surface area contributed by atoms with Crippen LogP contribution in [0.15, 0.2) is 66.7 Å².